The SMILES string of the molecule is CO[C](=[Cr])[C@@H]1[C@@H](C)CC=C[C@H]1OC.[C-]#[O+].[C-]#[O+].[C-]#[O+].[C-]#[O+].[C-]#[O+]. The second-order valence-corrected chi connectivity index (χ2v) is 4.02. The normalized spacial score (nSPS) is 19.3. The molecule has 1 rings (SSSR count). The molecule has 0 aromatic rings. The topological polar surface area (TPSA) is 118 Å². The van der Waals surface area contributed by atoms with E-state index in [1.54, 1.807) is 14.2 Å². The van der Waals surface area contributed by atoms with E-state index in [-0.39, 0.29) is 6.10 Å². The third kappa shape index (κ3) is 17.0. The minimum absolute atomic E-state index is 0.153. The van der Waals surface area contributed by atoms with Gasteiger partial charge in [0, 0.05) is 0 Å². The van der Waals surface area contributed by atoms with Crippen molar-refractivity contribution in [1.29, 1.82) is 0 Å². The van der Waals surface area contributed by atoms with Crippen LogP contribution in [-0.2, 0) is 48.6 Å². The van der Waals surface area contributed by atoms with E-state index in [0.29, 0.717) is 11.8 Å². The molecule has 0 fully saturated rings. The van der Waals surface area contributed by atoms with Gasteiger partial charge in [-0.2, -0.15) is 0 Å². The molecule has 0 unspecified atom stereocenters. The number of methoxy groups -OCH3 is 2. The standard InChI is InChI=1S/C10H16O2.5CO.Cr/c1-8-5-4-6-10(12-3)9(8)7-11-2;5*1-2;/h4,6,8-10H,5H2,1-3H3;;;;;;/t8-,9+,10+;;;;;;/m0....../s1. The van der Waals surface area contributed by atoms with Crippen molar-refractivity contribution in [3.05, 3.63) is 45.4 Å². The van der Waals surface area contributed by atoms with Crippen molar-refractivity contribution in [1.82, 2.24) is 0 Å². The Morgan fingerprint density at radius 1 is 0.957 bits per heavy atom. The molecule has 0 amide bonds. The summed E-state index contributed by atoms with van der Waals surface area (Å²) < 4.78 is 49.1. The summed E-state index contributed by atoms with van der Waals surface area (Å²) in [7, 11) is 3.44. The molecule has 3 atom stereocenters. The Bertz CT molecular complexity index is 358. The average molecular weight is 360 g/mol. The molecular weight excluding hydrogens is 344 g/mol. The van der Waals surface area contributed by atoms with Crippen molar-refractivity contribution in [3.8, 4) is 0 Å². The van der Waals surface area contributed by atoms with Crippen LogP contribution in [0.15, 0.2) is 12.2 Å². The van der Waals surface area contributed by atoms with Crippen LogP contribution in [0.4, 0.5) is 0 Å². The van der Waals surface area contributed by atoms with Gasteiger partial charge in [0.2, 0.25) is 0 Å². The van der Waals surface area contributed by atoms with Crippen LogP contribution in [0, 0.1) is 45.1 Å². The molecule has 0 aliphatic heterocycles. The molecule has 0 aromatic carbocycles. The van der Waals surface area contributed by atoms with Crippen molar-refractivity contribution >= 4 is 4.57 Å². The second kappa shape index (κ2) is 32.6. The van der Waals surface area contributed by atoms with Gasteiger partial charge in [0.15, 0.2) is 0 Å². The van der Waals surface area contributed by atoms with Gasteiger partial charge >= 0.3 is 144 Å². The molecule has 0 radical (unpaired) electrons. The van der Waals surface area contributed by atoms with Gasteiger partial charge < -0.3 is 0 Å². The fourth-order valence-corrected chi connectivity index (χ4v) is 2.32. The third-order valence-electron chi connectivity index (χ3n) is 2.55. The quantitative estimate of drug-likeness (QED) is 0.429. The van der Waals surface area contributed by atoms with Gasteiger partial charge in [-0.15, -0.1) is 0 Å². The summed E-state index contributed by atoms with van der Waals surface area (Å²) in [5, 5.41) is 0. The Morgan fingerprint density at radius 2 is 1.35 bits per heavy atom. The molecule has 7 nitrogen and oxygen atoms in total. The van der Waals surface area contributed by atoms with Crippen LogP contribution in [0.1, 0.15) is 13.3 Å². The van der Waals surface area contributed by atoms with Gasteiger partial charge in [0.1, 0.15) is 0 Å². The number of ether oxygens (including phenoxy) is 2. The number of allylic oxidation sites excluding steroid dienone is 1. The molecule has 0 aromatic heterocycles. The molecule has 0 heterocycles. The summed E-state index contributed by atoms with van der Waals surface area (Å²) in [6, 6.07) is 0. The molecule has 0 bridgehead atoms. The Kier molecular flexibility index (Phi) is 47.4. The monoisotopic (exact) mass is 360 g/mol. The van der Waals surface area contributed by atoms with Crippen molar-refractivity contribution in [2.75, 3.05) is 14.2 Å². The predicted molar refractivity (Wildman–Crippen MR) is 68.9 cm³/mol. The average Bonchev–Trinajstić information content (AvgIpc) is 2.69. The molecule has 1 aliphatic rings. The number of hydrogen-bond acceptors (Lipinski definition) is 2. The summed E-state index contributed by atoms with van der Waals surface area (Å²) in [6.45, 7) is 24.7. The van der Waals surface area contributed by atoms with Gasteiger partial charge in [-0.05, 0) is 0 Å². The van der Waals surface area contributed by atoms with Crippen LogP contribution in [0.5, 0.6) is 0 Å². The first-order valence-corrected chi connectivity index (χ1v) is 6.13. The van der Waals surface area contributed by atoms with Crippen LogP contribution in [-0.4, -0.2) is 24.9 Å². The molecule has 0 saturated heterocycles. The minimum atomic E-state index is 0.153. The first kappa shape index (κ1) is 33.4. The van der Waals surface area contributed by atoms with E-state index in [2.05, 4.69) is 68.2 Å². The Balaban J connectivity index is -0.0000000923. The fourth-order valence-electron chi connectivity index (χ4n) is 1.75. The van der Waals surface area contributed by atoms with Gasteiger partial charge in [-0.25, -0.2) is 0 Å². The summed E-state index contributed by atoms with van der Waals surface area (Å²) in [4.78, 5) is 0. The maximum atomic E-state index is 7.50. The van der Waals surface area contributed by atoms with E-state index in [1.807, 2.05) is 0 Å². The molecular formula is C15H16CrO7. The van der Waals surface area contributed by atoms with Crippen molar-refractivity contribution < 1.29 is 48.6 Å². The van der Waals surface area contributed by atoms with E-state index < -0.39 is 0 Å². The van der Waals surface area contributed by atoms with E-state index in [0.717, 1.165) is 11.0 Å². The fraction of sp³-hybridized carbons (Fsp3) is 0.467. The van der Waals surface area contributed by atoms with Crippen molar-refractivity contribution in [3.63, 3.8) is 0 Å². The van der Waals surface area contributed by atoms with Crippen LogP contribution in [0.2, 0.25) is 0 Å². The maximum absolute atomic E-state index is 7.50. The van der Waals surface area contributed by atoms with Crippen molar-refractivity contribution in [2.24, 2.45) is 11.8 Å². The van der Waals surface area contributed by atoms with Crippen LogP contribution in [0.25, 0.3) is 0 Å². The second-order valence-electron chi connectivity index (χ2n) is 3.39. The summed E-state index contributed by atoms with van der Waals surface area (Å²) in [5.74, 6) is 0.922. The summed E-state index contributed by atoms with van der Waals surface area (Å²) in [5.41, 5.74) is 0. The first-order chi connectivity index (χ1) is 11.2. The molecule has 0 N–H and O–H groups in total. The van der Waals surface area contributed by atoms with E-state index in [4.69, 9.17) is 32.7 Å². The first-order valence-electron chi connectivity index (χ1n) is 5.50. The van der Waals surface area contributed by atoms with E-state index in [1.165, 1.54) is 0 Å². The van der Waals surface area contributed by atoms with Crippen LogP contribution < -0.4 is 0 Å². The molecule has 0 spiro atoms. The molecule has 1 aliphatic carbocycles. The summed E-state index contributed by atoms with van der Waals surface area (Å²) >= 11 is 2.97. The van der Waals surface area contributed by atoms with Gasteiger partial charge in [-0.3, -0.25) is 0 Å². The third-order valence-corrected chi connectivity index (χ3v) is 3.23. The molecule has 23 heavy (non-hydrogen) atoms. The molecule has 0 saturated carbocycles. The van der Waals surface area contributed by atoms with Crippen LogP contribution in [0.3, 0.4) is 0 Å². The Hall–Kier alpha value is -1.24. The van der Waals surface area contributed by atoms with Gasteiger partial charge in [0.25, 0.3) is 0 Å². The van der Waals surface area contributed by atoms with E-state index >= 15 is 0 Å². The zero-order valence-corrected chi connectivity index (χ0v) is 14.1. The number of rotatable bonds is 3. The van der Waals surface area contributed by atoms with Crippen LogP contribution >= 0.6 is 0 Å². The van der Waals surface area contributed by atoms with Gasteiger partial charge in [0.05, 0.1) is 0 Å². The van der Waals surface area contributed by atoms with E-state index in [9.17, 15) is 0 Å². The van der Waals surface area contributed by atoms with Crippen molar-refractivity contribution in [2.45, 2.75) is 19.4 Å². The Morgan fingerprint density at radius 3 is 1.65 bits per heavy atom. The Labute approximate surface area is 144 Å². The number of hydrogen-bond donors (Lipinski definition) is 0. The zero-order chi connectivity index (χ0) is 19.8. The molecule has 8 heteroatoms. The van der Waals surface area contributed by atoms with Gasteiger partial charge in [-0.1, -0.05) is 0 Å². The zero-order valence-electron chi connectivity index (χ0n) is 12.9. The molecule has 124 valence electrons. The predicted octanol–water partition coefficient (Wildman–Crippen LogP) is 1.35. The summed E-state index contributed by atoms with van der Waals surface area (Å²) in [6.07, 6.45) is 5.54.